The van der Waals surface area contributed by atoms with Crippen LogP contribution in [0.5, 0.6) is 0 Å². The van der Waals surface area contributed by atoms with E-state index >= 15 is 0 Å². The molecule has 0 radical (unpaired) electrons. The van der Waals surface area contributed by atoms with Crippen molar-refractivity contribution in [1.29, 1.82) is 0 Å². The molecule has 0 fully saturated rings. The van der Waals surface area contributed by atoms with Gasteiger partial charge in [0, 0.05) is 6.42 Å². The van der Waals surface area contributed by atoms with Gasteiger partial charge in [-0.15, -0.1) is 0 Å². The van der Waals surface area contributed by atoms with Crippen LogP contribution < -0.4 is 0 Å². The summed E-state index contributed by atoms with van der Waals surface area (Å²) in [6.07, 6.45) is 0.904. The standard InChI is InChI=1S/C9H14O7/c1-2-3-8(12)15-6-16-9(13)5-14-4-7(10)11/h2-6H2,1H3,(H,10,11). The van der Waals surface area contributed by atoms with E-state index in [4.69, 9.17) is 5.11 Å². The number of ether oxygens (including phenoxy) is 3. The Balaban J connectivity index is 3.43. The monoisotopic (exact) mass is 234 g/mol. The van der Waals surface area contributed by atoms with Gasteiger partial charge in [0.1, 0.15) is 13.2 Å². The van der Waals surface area contributed by atoms with Gasteiger partial charge in [-0.25, -0.2) is 9.59 Å². The highest BCUT2D eigenvalue weighted by molar-refractivity contribution is 5.72. The SMILES string of the molecule is CCCC(=O)OCOC(=O)COCC(=O)O. The summed E-state index contributed by atoms with van der Waals surface area (Å²) >= 11 is 0. The Kier molecular flexibility index (Phi) is 7.78. The van der Waals surface area contributed by atoms with E-state index in [1.54, 1.807) is 0 Å². The van der Waals surface area contributed by atoms with Crippen LogP contribution in [0.1, 0.15) is 19.8 Å². The molecule has 0 saturated carbocycles. The van der Waals surface area contributed by atoms with E-state index in [0.717, 1.165) is 0 Å². The van der Waals surface area contributed by atoms with E-state index in [0.29, 0.717) is 6.42 Å². The third-order valence-corrected chi connectivity index (χ3v) is 1.34. The first kappa shape index (κ1) is 14.4. The lowest BCUT2D eigenvalue weighted by atomic mass is 10.3. The molecule has 1 N–H and O–H groups in total. The van der Waals surface area contributed by atoms with Crippen LogP contribution in [0.4, 0.5) is 0 Å². The van der Waals surface area contributed by atoms with E-state index < -0.39 is 37.9 Å². The predicted octanol–water partition coefficient (Wildman–Crippen LogP) is -0.0684. The number of hydrogen-bond donors (Lipinski definition) is 1. The molecule has 0 spiro atoms. The van der Waals surface area contributed by atoms with Gasteiger partial charge in [-0.1, -0.05) is 6.92 Å². The number of hydrogen-bond acceptors (Lipinski definition) is 6. The van der Waals surface area contributed by atoms with E-state index in [9.17, 15) is 14.4 Å². The molecule has 0 aliphatic rings. The highest BCUT2D eigenvalue weighted by Gasteiger charge is 2.06. The van der Waals surface area contributed by atoms with Gasteiger partial charge in [0.2, 0.25) is 6.79 Å². The molecule has 0 heterocycles. The zero-order chi connectivity index (χ0) is 12.4. The first-order valence-electron chi connectivity index (χ1n) is 4.67. The molecule has 0 saturated heterocycles. The fourth-order valence-corrected chi connectivity index (χ4v) is 0.701. The van der Waals surface area contributed by atoms with Gasteiger partial charge >= 0.3 is 17.9 Å². The first-order chi connectivity index (χ1) is 7.56. The highest BCUT2D eigenvalue weighted by Crippen LogP contribution is 1.91. The summed E-state index contributed by atoms with van der Waals surface area (Å²) < 4.78 is 13.4. The predicted molar refractivity (Wildman–Crippen MR) is 50.4 cm³/mol. The minimum Gasteiger partial charge on any atom is -0.480 e. The zero-order valence-electron chi connectivity index (χ0n) is 8.93. The molecule has 0 unspecified atom stereocenters. The lowest BCUT2D eigenvalue weighted by Gasteiger charge is -2.05. The summed E-state index contributed by atoms with van der Waals surface area (Å²) in [6.45, 7) is 0.267. The van der Waals surface area contributed by atoms with Crippen LogP contribution in [-0.2, 0) is 28.6 Å². The lowest BCUT2D eigenvalue weighted by Crippen LogP contribution is -2.18. The second-order valence-corrected chi connectivity index (χ2v) is 2.79. The van der Waals surface area contributed by atoms with Crippen molar-refractivity contribution in [3.63, 3.8) is 0 Å². The van der Waals surface area contributed by atoms with Gasteiger partial charge in [-0.05, 0) is 6.42 Å². The number of carbonyl (C=O) groups excluding carboxylic acids is 2. The highest BCUT2D eigenvalue weighted by atomic mass is 16.7. The van der Waals surface area contributed by atoms with Crippen molar-refractivity contribution in [2.75, 3.05) is 20.0 Å². The molecule has 16 heavy (non-hydrogen) atoms. The normalized spacial score (nSPS) is 9.56. The third kappa shape index (κ3) is 8.95. The molecule has 0 amide bonds. The molecular formula is C9H14O7. The largest absolute Gasteiger partial charge is 0.480 e. The quantitative estimate of drug-likeness (QED) is 0.463. The van der Waals surface area contributed by atoms with Crippen molar-refractivity contribution in [3.05, 3.63) is 0 Å². The number of carboxylic acid groups (broad SMARTS) is 1. The molecule has 0 rings (SSSR count). The van der Waals surface area contributed by atoms with Crippen molar-refractivity contribution in [2.45, 2.75) is 19.8 Å². The Labute approximate surface area is 92.3 Å². The number of rotatable bonds is 8. The summed E-state index contributed by atoms with van der Waals surface area (Å²) in [5, 5.41) is 8.19. The summed E-state index contributed by atoms with van der Waals surface area (Å²) in [7, 11) is 0. The summed E-state index contributed by atoms with van der Waals surface area (Å²) in [5.74, 6) is -2.42. The average Bonchev–Trinajstić information content (AvgIpc) is 2.17. The maximum atomic E-state index is 10.8. The molecule has 0 bridgehead atoms. The topological polar surface area (TPSA) is 99.1 Å². The molecular weight excluding hydrogens is 220 g/mol. The van der Waals surface area contributed by atoms with Gasteiger partial charge in [0.15, 0.2) is 0 Å². The maximum absolute atomic E-state index is 10.8. The second kappa shape index (κ2) is 8.66. The van der Waals surface area contributed by atoms with Crippen LogP contribution in [0.3, 0.4) is 0 Å². The first-order valence-corrected chi connectivity index (χ1v) is 4.67. The van der Waals surface area contributed by atoms with Crippen LogP contribution in [0.15, 0.2) is 0 Å². The van der Waals surface area contributed by atoms with Crippen molar-refractivity contribution >= 4 is 17.9 Å². The Bertz CT molecular complexity index is 248. The fraction of sp³-hybridized carbons (Fsp3) is 0.667. The summed E-state index contributed by atoms with van der Waals surface area (Å²) in [4.78, 5) is 31.6. The number of aliphatic carboxylic acids is 1. The van der Waals surface area contributed by atoms with E-state index in [1.807, 2.05) is 6.92 Å². The van der Waals surface area contributed by atoms with Crippen molar-refractivity contribution in [1.82, 2.24) is 0 Å². The molecule has 0 aromatic carbocycles. The molecule has 0 aromatic heterocycles. The Hall–Kier alpha value is -1.63. The maximum Gasteiger partial charge on any atom is 0.334 e. The van der Waals surface area contributed by atoms with Gasteiger partial charge in [0.05, 0.1) is 0 Å². The lowest BCUT2D eigenvalue weighted by molar-refractivity contribution is -0.170. The third-order valence-electron chi connectivity index (χ3n) is 1.34. The van der Waals surface area contributed by atoms with Crippen molar-refractivity contribution < 1.29 is 33.7 Å². The number of carboxylic acids is 1. The van der Waals surface area contributed by atoms with Gasteiger partial charge in [-0.3, -0.25) is 4.79 Å². The molecule has 7 nitrogen and oxygen atoms in total. The van der Waals surface area contributed by atoms with Crippen molar-refractivity contribution in [2.24, 2.45) is 0 Å². The van der Waals surface area contributed by atoms with Crippen LogP contribution >= 0.6 is 0 Å². The molecule has 0 atom stereocenters. The van der Waals surface area contributed by atoms with Crippen LogP contribution in [0.2, 0.25) is 0 Å². The Morgan fingerprint density at radius 3 is 2.25 bits per heavy atom. The summed E-state index contributed by atoms with van der Waals surface area (Å²) in [6, 6.07) is 0. The molecule has 0 aliphatic heterocycles. The zero-order valence-corrected chi connectivity index (χ0v) is 8.93. The number of carbonyl (C=O) groups is 3. The number of esters is 2. The van der Waals surface area contributed by atoms with Gasteiger partial charge < -0.3 is 19.3 Å². The molecule has 0 aromatic rings. The summed E-state index contributed by atoms with van der Waals surface area (Å²) in [5.41, 5.74) is 0. The van der Waals surface area contributed by atoms with Gasteiger partial charge in [-0.2, -0.15) is 0 Å². The molecule has 92 valence electrons. The smallest absolute Gasteiger partial charge is 0.334 e. The Morgan fingerprint density at radius 1 is 1.06 bits per heavy atom. The van der Waals surface area contributed by atoms with Crippen LogP contribution in [0.25, 0.3) is 0 Å². The molecule has 0 aliphatic carbocycles. The van der Waals surface area contributed by atoms with Crippen LogP contribution in [0, 0.1) is 0 Å². The minimum absolute atomic E-state index is 0.257. The van der Waals surface area contributed by atoms with Gasteiger partial charge in [0.25, 0.3) is 0 Å². The second-order valence-electron chi connectivity index (χ2n) is 2.79. The fourth-order valence-electron chi connectivity index (χ4n) is 0.701. The van der Waals surface area contributed by atoms with E-state index in [2.05, 4.69) is 14.2 Å². The average molecular weight is 234 g/mol. The van der Waals surface area contributed by atoms with E-state index in [1.165, 1.54) is 0 Å². The molecule has 7 heteroatoms. The van der Waals surface area contributed by atoms with Crippen molar-refractivity contribution in [3.8, 4) is 0 Å². The minimum atomic E-state index is -1.18. The van der Waals surface area contributed by atoms with E-state index in [-0.39, 0.29) is 6.42 Å². The van der Waals surface area contributed by atoms with Crippen LogP contribution in [-0.4, -0.2) is 43.0 Å². The Morgan fingerprint density at radius 2 is 1.69 bits per heavy atom.